The van der Waals surface area contributed by atoms with Gasteiger partial charge in [0, 0.05) is 11.1 Å². The smallest absolute Gasteiger partial charge is 0.161 e. The molecular formula is C23H20N2O3. The first-order valence-corrected chi connectivity index (χ1v) is 8.87. The quantitative estimate of drug-likeness (QED) is 0.540. The van der Waals surface area contributed by atoms with Crippen molar-refractivity contribution in [1.29, 1.82) is 0 Å². The number of hydrogen-bond donors (Lipinski definition) is 1. The molecule has 5 nitrogen and oxygen atoms in total. The summed E-state index contributed by atoms with van der Waals surface area (Å²) in [5, 5.41) is 15.0. The highest BCUT2D eigenvalue weighted by Gasteiger charge is 2.16. The average molecular weight is 372 g/mol. The predicted molar refractivity (Wildman–Crippen MR) is 109 cm³/mol. The summed E-state index contributed by atoms with van der Waals surface area (Å²) in [6.07, 6.45) is 0. The topological polar surface area (TPSA) is 56.5 Å². The van der Waals surface area contributed by atoms with Crippen molar-refractivity contribution in [1.82, 2.24) is 9.78 Å². The van der Waals surface area contributed by atoms with Crippen LogP contribution in [0.4, 0.5) is 0 Å². The van der Waals surface area contributed by atoms with Crippen molar-refractivity contribution in [2.24, 2.45) is 0 Å². The second-order valence-corrected chi connectivity index (χ2v) is 6.25. The molecule has 3 aromatic carbocycles. The Bertz CT molecular complexity index is 1100. The molecule has 1 heterocycles. The molecule has 1 N–H and O–H groups in total. The maximum Gasteiger partial charge on any atom is 0.161 e. The number of nitrogens with zero attached hydrogens (tertiary/aromatic N) is 2. The lowest BCUT2D eigenvalue weighted by molar-refractivity contribution is 0.355. The van der Waals surface area contributed by atoms with Crippen LogP contribution in [0.25, 0.3) is 28.2 Å². The van der Waals surface area contributed by atoms with Crippen LogP contribution in [0.2, 0.25) is 0 Å². The van der Waals surface area contributed by atoms with E-state index in [-0.39, 0.29) is 5.75 Å². The number of methoxy groups -OCH3 is 2. The van der Waals surface area contributed by atoms with E-state index < -0.39 is 0 Å². The fourth-order valence-electron chi connectivity index (χ4n) is 3.17. The summed E-state index contributed by atoms with van der Waals surface area (Å²) < 4.78 is 12.7. The normalized spacial score (nSPS) is 10.6. The SMILES string of the molecule is COc1ccc(-c2cc(-c3ccccc3O)nn2-c2ccccc2)cc1OC. The first kappa shape index (κ1) is 17.7. The molecule has 0 fully saturated rings. The van der Waals surface area contributed by atoms with Crippen molar-refractivity contribution in [3.8, 4) is 45.5 Å². The molecule has 0 bridgehead atoms. The van der Waals surface area contributed by atoms with Crippen LogP contribution in [-0.4, -0.2) is 29.1 Å². The van der Waals surface area contributed by atoms with Gasteiger partial charge in [-0.1, -0.05) is 30.3 Å². The summed E-state index contributed by atoms with van der Waals surface area (Å²) in [7, 11) is 3.23. The van der Waals surface area contributed by atoms with Crippen LogP contribution in [0.5, 0.6) is 17.2 Å². The third-order valence-electron chi connectivity index (χ3n) is 4.57. The number of phenols is 1. The van der Waals surface area contributed by atoms with Crippen molar-refractivity contribution in [3.63, 3.8) is 0 Å². The van der Waals surface area contributed by atoms with Gasteiger partial charge in [0.2, 0.25) is 0 Å². The van der Waals surface area contributed by atoms with Gasteiger partial charge >= 0.3 is 0 Å². The first-order chi connectivity index (χ1) is 13.7. The number of hydrogen-bond acceptors (Lipinski definition) is 4. The Morgan fingerprint density at radius 3 is 2.21 bits per heavy atom. The van der Waals surface area contributed by atoms with E-state index in [2.05, 4.69) is 0 Å². The summed E-state index contributed by atoms with van der Waals surface area (Å²) >= 11 is 0. The van der Waals surface area contributed by atoms with E-state index in [4.69, 9.17) is 14.6 Å². The predicted octanol–water partition coefficient (Wildman–Crippen LogP) is 4.93. The van der Waals surface area contributed by atoms with E-state index in [1.807, 2.05) is 71.4 Å². The van der Waals surface area contributed by atoms with Crippen LogP contribution in [0.1, 0.15) is 0 Å². The van der Waals surface area contributed by atoms with Gasteiger partial charge in [0.1, 0.15) is 5.75 Å². The molecule has 4 rings (SSSR count). The zero-order valence-corrected chi connectivity index (χ0v) is 15.7. The summed E-state index contributed by atoms with van der Waals surface area (Å²) in [6, 6.07) is 24.8. The molecule has 28 heavy (non-hydrogen) atoms. The highest BCUT2D eigenvalue weighted by molar-refractivity contribution is 5.74. The van der Waals surface area contributed by atoms with Crippen molar-refractivity contribution in [3.05, 3.63) is 78.9 Å². The van der Waals surface area contributed by atoms with Crippen molar-refractivity contribution < 1.29 is 14.6 Å². The van der Waals surface area contributed by atoms with Gasteiger partial charge in [-0.3, -0.25) is 0 Å². The van der Waals surface area contributed by atoms with Crippen LogP contribution in [-0.2, 0) is 0 Å². The minimum absolute atomic E-state index is 0.194. The van der Waals surface area contributed by atoms with Gasteiger partial charge in [0.05, 0.1) is 31.3 Å². The second-order valence-electron chi connectivity index (χ2n) is 6.25. The standard InChI is InChI=1S/C23H20N2O3/c1-27-22-13-12-16(14-23(22)28-2)20-15-19(18-10-6-7-11-21(18)26)24-25(20)17-8-4-3-5-9-17/h3-15,26H,1-2H3. The monoisotopic (exact) mass is 372 g/mol. The van der Waals surface area contributed by atoms with Crippen molar-refractivity contribution >= 4 is 0 Å². The molecule has 4 aromatic rings. The van der Waals surface area contributed by atoms with E-state index >= 15 is 0 Å². The Labute approximate surface area is 163 Å². The fourth-order valence-corrected chi connectivity index (χ4v) is 3.17. The minimum atomic E-state index is 0.194. The van der Waals surface area contributed by atoms with Gasteiger partial charge in [0.25, 0.3) is 0 Å². The fraction of sp³-hybridized carbons (Fsp3) is 0.0870. The molecule has 0 radical (unpaired) electrons. The lowest BCUT2D eigenvalue weighted by Crippen LogP contribution is -1.99. The second kappa shape index (κ2) is 7.48. The third kappa shape index (κ3) is 3.18. The molecule has 0 aliphatic carbocycles. The molecule has 5 heteroatoms. The zero-order chi connectivity index (χ0) is 19.5. The molecular weight excluding hydrogens is 352 g/mol. The molecule has 0 amide bonds. The number of phenolic OH excluding ortho intramolecular Hbond substituents is 1. The van der Waals surface area contributed by atoms with Gasteiger partial charge in [-0.15, -0.1) is 0 Å². The number of aromatic nitrogens is 2. The maximum atomic E-state index is 10.3. The molecule has 0 saturated carbocycles. The Hall–Kier alpha value is -3.73. The molecule has 0 unspecified atom stereocenters. The zero-order valence-electron chi connectivity index (χ0n) is 15.7. The summed E-state index contributed by atoms with van der Waals surface area (Å²) in [6.45, 7) is 0. The molecule has 0 atom stereocenters. The van der Waals surface area contributed by atoms with Gasteiger partial charge in [-0.05, 0) is 48.5 Å². The van der Waals surface area contributed by atoms with Crippen LogP contribution >= 0.6 is 0 Å². The van der Waals surface area contributed by atoms with Gasteiger partial charge < -0.3 is 14.6 Å². The van der Waals surface area contributed by atoms with Crippen molar-refractivity contribution in [2.45, 2.75) is 0 Å². The van der Waals surface area contributed by atoms with E-state index in [9.17, 15) is 5.11 Å². The number of para-hydroxylation sites is 2. The van der Waals surface area contributed by atoms with Crippen LogP contribution in [0.3, 0.4) is 0 Å². The Kier molecular flexibility index (Phi) is 4.72. The number of ether oxygens (including phenoxy) is 2. The molecule has 140 valence electrons. The van der Waals surface area contributed by atoms with Crippen LogP contribution < -0.4 is 9.47 Å². The summed E-state index contributed by atoms with van der Waals surface area (Å²) in [4.78, 5) is 0. The number of aromatic hydroxyl groups is 1. The Balaban J connectivity index is 1.92. The van der Waals surface area contributed by atoms with Crippen LogP contribution in [0, 0.1) is 0 Å². The third-order valence-corrected chi connectivity index (χ3v) is 4.57. The Morgan fingerprint density at radius 1 is 0.786 bits per heavy atom. The molecule has 0 spiro atoms. The van der Waals surface area contributed by atoms with E-state index in [1.165, 1.54) is 0 Å². The molecule has 0 aliphatic rings. The number of benzene rings is 3. The summed E-state index contributed by atoms with van der Waals surface area (Å²) in [5.41, 5.74) is 4.10. The lowest BCUT2D eigenvalue weighted by Gasteiger charge is -2.11. The highest BCUT2D eigenvalue weighted by atomic mass is 16.5. The van der Waals surface area contributed by atoms with Gasteiger partial charge in [-0.2, -0.15) is 5.10 Å². The Morgan fingerprint density at radius 2 is 1.50 bits per heavy atom. The van der Waals surface area contributed by atoms with Crippen molar-refractivity contribution in [2.75, 3.05) is 14.2 Å². The highest BCUT2D eigenvalue weighted by Crippen LogP contribution is 2.36. The average Bonchev–Trinajstić information content (AvgIpc) is 3.19. The lowest BCUT2D eigenvalue weighted by atomic mass is 10.1. The molecule has 0 aliphatic heterocycles. The van der Waals surface area contributed by atoms with Crippen LogP contribution in [0.15, 0.2) is 78.9 Å². The largest absolute Gasteiger partial charge is 0.507 e. The minimum Gasteiger partial charge on any atom is -0.507 e. The number of rotatable bonds is 5. The van der Waals surface area contributed by atoms with E-state index in [0.717, 1.165) is 16.9 Å². The maximum absolute atomic E-state index is 10.3. The molecule has 0 saturated heterocycles. The first-order valence-electron chi connectivity index (χ1n) is 8.87. The summed E-state index contributed by atoms with van der Waals surface area (Å²) in [5.74, 6) is 1.50. The van der Waals surface area contributed by atoms with E-state index in [1.54, 1.807) is 26.4 Å². The van der Waals surface area contributed by atoms with Gasteiger partial charge in [0.15, 0.2) is 11.5 Å². The van der Waals surface area contributed by atoms with E-state index in [0.29, 0.717) is 22.8 Å². The molecule has 1 aromatic heterocycles. The van der Waals surface area contributed by atoms with Gasteiger partial charge in [-0.25, -0.2) is 4.68 Å².